The number of amides is 2. The topological polar surface area (TPSA) is 60.9 Å². The molecular weight excluding hydrogens is 316 g/mol. The van der Waals surface area contributed by atoms with Crippen molar-refractivity contribution in [1.82, 2.24) is 9.80 Å². The van der Waals surface area contributed by atoms with Crippen LogP contribution in [-0.4, -0.2) is 46.4 Å². The number of hydrogen-bond acceptors (Lipinski definition) is 3. The smallest absolute Gasteiger partial charge is 0.259 e. The Balaban J connectivity index is 1.74. The number of benzene rings is 2. The number of aliphatic hydroxyl groups is 1. The molecule has 25 heavy (non-hydrogen) atoms. The molecule has 0 saturated carbocycles. The Labute approximate surface area is 146 Å². The van der Waals surface area contributed by atoms with Gasteiger partial charge in [-0.05, 0) is 11.6 Å². The Kier molecular flexibility index (Phi) is 4.95. The first-order valence-electron chi connectivity index (χ1n) is 8.14. The highest BCUT2D eigenvalue weighted by molar-refractivity contribution is 6.10. The maximum absolute atomic E-state index is 12.7. The molecule has 0 aromatic heterocycles. The number of aliphatic hydroxyl groups excluding tert-OH is 1. The minimum atomic E-state index is -0.222. The van der Waals surface area contributed by atoms with Gasteiger partial charge in [-0.25, -0.2) is 0 Å². The summed E-state index contributed by atoms with van der Waals surface area (Å²) in [6.45, 7) is 4.35. The molecule has 1 aliphatic heterocycles. The molecule has 128 valence electrons. The van der Waals surface area contributed by atoms with Gasteiger partial charge in [0.1, 0.15) is 6.54 Å². The quantitative estimate of drug-likeness (QED) is 0.879. The van der Waals surface area contributed by atoms with Gasteiger partial charge in [0, 0.05) is 29.9 Å². The van der Waals surface area contributed by atoms with Gasteiger partial charge < -0.3 is 10.0 Å². The molecule has 1 heterocycles. The number of rotatable bonds is 6. The van der Waals surface area contributed by atoms with Gasteiger partial charge in [-0.15, -0.1) is 0 Å². The Hall–Kier alpha value is -2.92. The summed E-state index contributed by atoms with van der Waals surface area (Å²) in [5.41, 5.74) is 2.84. The summed E-state index contributed by atoms with van der Waals surface area (Å²) in [6, 6.07) is 16.8. The lowest BCUT2D eigenvalue weighted by atomic mass is 10.1. The van der Waals surface area contributed by atoms with E-state index in [1.54, 1.807) is 17.0 Å². The van der Waals surface area contributed by atoms with E-state index in [2.05, 4.69) is 6.58 Å². The molecule has 0 spiro atoms. The van der Waals surface area contributed by atoms with Crippen molar-refractivity contribution >= 4 is 17.5 Å². The highest BCUT2D eigenvalue weighted by Crippen LogP contribution is 2.30. The van der Waals surface area contributed by atoms with Gasteiger partial charge >= 0.3 is 0 Å². The predicted molar refractivity (Wildman–Crippen MR) is 95.5 cm³/mol. The normalized spacial score (nSPS) is 13.1. The van der Waals surface area contributed by atoms with Gasteiger partial charge in [0.25, 0.3) is 5.91 Å². The van der Waals surface area contributed by atoms with E-state index in [1.807, 2.05) is 42.5 Å². The average molecular weight is 336 g/mol. The van der Waals surface area contributed by atoms with E-state index >= 15 is 0 Å². The Morgan fingerprint density at radius 2 is 1.68 bits per heavy atom. The molecule has 0 bridgehead atoms. The number of fused-ring (bicyclic) bond motifs is 1. The number of hydrogen-bond donors (Lipinski definition) is 1. The summed E-state index contributed by atoms with van der Waals surface area (Å²) in [5, 5.41) is 9.28. The van der Waals surface area contributed by atoms with Crippen LogP contribution >= 0.6 is 0 Å². The molecule has 0 unspecified atom stereocenters. The lowest BCUT2D eigenvalue weighted by molar-refractivity contribution is -0.132. The Morgan fingerprint density at radius 1 is 1.04 bits per heavy atom. The molecular formula is C20H20N2O3. The molecule has 2 aromatic carbocycles. The van der Waals surface area contributed by atoms with E-state index < -0.39 is 0 Å². The lowest BCUT2D eigenvalue weighted by Crippen LogP contribution is -2.41. The minimum absolute atomic E-state index is 0.0841. The average Bonchev–Trinajstić information content (AvgIpc) is 2.87. The molecule has 0 atom stereocenters. The van der Waals surface area contributed by atoms with Crippen LogP contribution in [0.1, 0.15) is 21.5 Å². The Bertz CT molecular complexity index is 767. The number of nitrogens with zero attached hydrogens (tertiary/aromatic N) is 2. The van der Waals surface area contributed by atoms with Crippen LogP contribution in [-0.2, 0) is 11.3 Å². The Morgan fingerprint density at radius 3 is 2.32 bits per heavy atom. The van der Waals surface area contributed by atoms with Gasteiger partial charge in [0.2, 0.25) is 5.91 Å². The van der Waals surface area contributed by atoms with Gasteiger partial charge in [-0.1, -0.05) is 55.1 Å². The lowest BCUT2D eigenvalue weighted by Gasteiger charge is -2.25. The number of carbonyl (C=O) groups excluding carboxylic acids is 2. The summed E-state index contributed by atoms with van der Waals surface area (Å²) < 4.78 is 0. The first-order chi connectivity index (χ1) is 12.1. The SMILES string of the molecule is C=C1c2ccccc2C(=O)N1CC(=O)N(CCO)Cc1ccccc1. The number of carbonyl (C=O) groups is 2. The fraction of sp³-hybridized carbons (Fsp3) is 0.200. The predicted octanol–water partition coefficient (Wildman–Crippen LogP) is 2.13. The summed E-state index contributed by atoms with van der Waals surface area (Å²) in [5.74, 6) is -0.433. The largest absolute Gasteiger partial charge is 0.395 e. The van der Waals surface area contributed by atoms with Crippen LogP contribution in [0.4, 0.5) is 0 Å². The van der Waals surface area contributed by atoms with Crippen LogP contribution in [0.2, 0.25) is 0 Å². The third-order valence-corrected chi connectivity index (χ3v) is 4.27. The van der Waals surface area contributed by atoms with Crippen LogP contribution in [0.3, 0.4) is 0 Å². The molecule has 1 aliphatic rings. The van der Waals surface area contributed by atoms with Crippen molar-refractivity contribution in [3.63, 3.8) is 0 Å². The van der Waals surface area contributed by atoms with Crippen molar-refractivity contribution in [2.75, 3.05) is 19.7 Å². The molecule has 0 aliphatic carbocycles. The van der Waals surface area contributed by atoms with E-state index in [-0.39, 0.29) is 31.5 Å². The summed E-state index contributed by atoms with van der Waals surface area (Å²) in [6.07, 6.45) is 0. The van der Waals surface area contributed by atoms with E-state index in [0.717, 1.165) is 11.1 Å². The summed E-state index contributed by atoms with van der Waals surface area (Å²) >= 11 is 0. The fourth-order valence-corrected chi connectivity index (χ4v) is 2.95. The van der Waals surface area contributed by atoms with Crippen LogP contribution in [0.25, 0.3) is 5.70 Å². The molecule has 0 saturated heterocycles. The minimum Gasteiger partial charge on any atom is -0.395 e. The standard InChI is InChI=1S/C20H20N2O3/c1-15-17-9-5-6-10-18(17)20(25)22(15)14-19(24)21(11-12-23)13-16-7-3-2-4-8-16/h2-10,23H,1,11-14H2. The van der Waals surface area contributed by atoms with Gasteiger partial charge in [0.15, 0.2) is 0 Å². The van der Waals surface area contributed by atoms with Gasteiger partial charge in [0.05, 0.1) is 6.61 Å². The second-order valence-electron chi connectivity index (χ2n) is 5.91. The van der Waals surface area contributed by atoms with E-state index in [9.17, 15) is 14.7 Å². The third-order valence-electron chi connectivity index (χ3n) is 4.27. The molecule has 0 radical (unpaired) electrons. The second-order valence-corrected chi connectivity index (χ2v) is 5.91. The maximum atomic E-state index is 12.7. The van der Waals surface area contributed by atoms with Crippen molar-refractivity contribution in [2.45, 2.75) is 6.54 Å². The van der Waals surface area contributed by atoms with Crippen LogP contribution in [0, 0.1) is 0 Å². The van der Waals surface area contributed by atoms with Crippen LogP contribution in [0.5, 0.6) is 0 Å². The zero-order valence-electron chi connectivity index (χ0n) is 13.9. The first kappa shape index (κ1) is 16.9. The van der Waals surface area contributed by atoms with Crippen molar-refractivity contribution in [3.8, 4) is 0 Å². The van der Waals surface area contributed by atoms with Crippen molar-refractivity contribution in [3.05, 3.63) is 77.9 Å². The zero-order chi connectivity index (χ0) is 17.8. The molecule has 1 N–H and O–H groups in total. The highest BCUT2D eigenvalue weighted by atomic mass is 16.3. The van der Waals surface area contributed by atoms with E-state index in [4.69, 9.17) is 0 Å². The monoisotopic (exact) mass is 336 g/mol. The fourth-order valence-electron chi connectivity index (χ4n) is 2.95. The zero-order valence-corrected chi connectivity index (χ0v) is 13.9. The first-order valence-corrected chi connectivity index (χ1v) is 8.14. The van der Waals surface area contributed by atoms with E-state index in [1.165, 1.54) is 4.90 Å². The van der Waals surface area contributed by atoms with Crippen molar-refractivity contribution < 1.29 is 14.7 Å². The summed E-state index contributed by atoms with van der Waals surface area (Å²) in [4.78, 5) is 28.2. The molecule has 2 aromatic rings. The molecule has 5 heteroatoms. The third kappa shape index (κ3) is 3.46. The molecule has 3 rings (SSSR count). The van der Waals surface area contributed by atoms with Crippen molar-refractivity contribution in [1.29, 1.82) is 0 Å². The molecule has 2 amide bonds. The summed E-state index contributed by atoms with van der Waals surface area (Å²) in [7, 11) is 0. The maximum Gasteiger partial charge on any atom is 0.259 e. The molecule has 0 fully saturated rings. The van der Waals surface area contributed by atoms with Crippen LogP contribution < -0.4 is 0 Å². The van der Waals surface area contributed by atoms with E-state index in [0.29, 0.717) is 17.8 Å². The van der Waals surface area contributed by atoms with Gasteiger partial charge in [-0.3, -0.25) is 14.5 Å². The van der Waals surface area contributed by atoms with Gasteiger partial charge in [-0.2, -0.15) is 0 Å². The second kappa shape index (κ2) is 7.32. The highest BCUT2D eigenvalue weighted by Gasteiger charge is 2.32. The van der Waals surface area contributed by atoms with Crippen molar-refractivity contribution in [2.24, 2.45) is 0 Å². The molecule has 5 nitrogen and oxygen atoms in total. The van der Waals surface area contributed by atoms with Crippen LogP contribution in [0.15, 0.2) is 61.2 Å².